The monoisotopic (exact) mass is 156 g/mol. The van der Waals surface area contributed by atoms with Gasteiger partial charge in [-0.05, 0) is 0 Å². The Kier molecular flexibility index (Phi) is 3.47. The second-order valence-electron chi connectivity index (χ2n) is 1.54. The predicted molar refractivity (Wildman–Crippen MR) is 32.0 cm³/mol. The third-order valence-corrected chi connectivity index (χ3v) is 0.784. The maximum Gasteiger partial charge on any atom is 0.429 e. The molecule has 0 aliphatic rings. The lowest BCUT2D eigenvalue weighted by Gasteiger charge is -2.14. The van der Waals surface area contributed by atoms with Gasteiger partial charge in [-0.15, -0.1) is 6.58 Å². The summed E-state index contributed by atoms with van der Waals surface area (Å²) in [6.07, 6.45) is 2.91. The van der Waals surface area contributed by atoms with E-state index >= 15 is 0 Å². The quantitative estimate of drug-likeness (QED) is 0.348. The van der Waals surface area contributed by atoms with Crippen LogP contribution >= 0.6 is 0 Å². The van der Waals surface area contributed by atoms with Gasteiger partial charge in [-0.25, -0.2) is 0 Å². The molecule has 0 bridgehead atoms. The zero-order valence-corrected chi connectivity index (χ0v) is 5.58. The molecule has 0 spiro atoms. The number of ether oxygens (including phenoxy) is 2. The molecule has 0 rings (SSSR count). The summed E-state index contributed by atoms with van der Waals surface area (Å²) in [5.74, 6) is 0. The summed E-state index contributed by atoms with van der Waals surface area (Å²) in [4.78, 5) is 0. The molecular weight excluding hydrogens is 151 g/mol. The van der Waals surface area contributed by atoms with Crippen molar-refractivity contribution >= 4 is 0 Å². The summed E-state index contributed by atoms with van der Waals surface area (Å²) in [6.45, 7) is 3.19. The molecular formula is C6H5FN2O2. The highest BCUT2D eigenvalue weighted by Crippen LogP contribution is 2.19. The first-order chi connectivity index (χ1) is 5.18. The fourth-order valence-electron chi connectivity index (χ4n) is 0.413. The molecule has 0 saturated heterocycles. The Bertz CT molecular complexity index is 200. The van der Waals surface area contributed by atoms with Gasteiger partial charge in [0.15, 0.2) is 0 Å². The zero-order chi connectivity index (χ0) is 8.74. The summed E-state index contributed by atoms with van der Waals surface area (Å²) in [5.41, 5.74) is 0. The summed E-state index contributed by atoms with van der Waals surface area (Å²) in [6, 6.07) is -2.69. The van der Waals surface area contributed by atoms with Crippen molar-refractivity contribution in [1.82, 2.24) is 0 Å². The lowest BCUT2D eigenvalue weighted by atomic mass is 10.4. The minimum Gasteiger partial charge on any atom is -0.351 e. The van der Waals surface area contributed by atoms with Crippen molar-refractivity contribution in [2.24, 2.45) is 0 Å². The van der Waals surface area contributed by atoms with Gasteiger partial charge in [-0.3, -0.25) is 0 Å². The van der Waals surface area contributed by atoms with Gasteiger partial charge in [-0.1, -0.05) is 6.08 Å². The maximum atomic E-state index is 12.8. The second-order valence-corrected chi connectivity index (χ2v) is 1.54. The van der Waals surface area contributed by atoms with Crippen LogP contribution in [-0.2, 0) is 9.47 Å². The normalized spacial score (nSPS) is 9.00. The highest BCUT2D eigenvalue weighted by molar-refractivity contribution is 4.77. The molecule has 58 valence electrons. The predicted octanol–water partition coefficient (Wildman–Crippen LogP) is 1.18. The number of halogens is 1. The van der Waals surface area contributed by atoms with E-state index in [0.29, 0.717) is 0 Å². The van der Waals surface area contributed by atoms with Crippen LogP contribution in [0.2, 0.25) is 0 Å². The van der Waals surface area contributed by atoms with E-state index in [1.807, 2.05) is 0 Å². The van der Waals surface area contributed by atoms with Gasteiger partial charge < -0.3 is 9.47 Å². The molecule has 0 aromatic carbocycles. The zero-order valence-electron chi connectivity index (χ0n) is 5.58. The van der Waals surface area contributed by atoms with E-state index in [-0.39, 0.29) is 6.42 Å². The van der Waals surface area contributed by atoms with Crippen LogP contribution < -0.4 is 0 Å². The number of alkyl halides is 1. The molecule has 0 aromatic heterocycles. The van der Waals surface area contributed by atoms with E-state index < -0.39 is 6.04 Å². The van der Waals surface area contributed by atoms with Crippen LogP contribution in [0.25, 0.3) is 0 Å². The van der Waals surface area contributed by atoms with Gasteiger partial charge in [0.25, 0.3) is 12.5 Å². The fraction of sp³-hybridized carbons (Fsp3) is 0.333. The van der Waals surface area contributed by atoms with Crippen LogP contribution in [0.1, 0.15) is 6.42 Å². The van der Waals surface area contributed by atoms with Crippen molar-refractivity contribution < 1.29 is 13.9 Å². The molecule has 0 unspecified atom stereocenters. The molecule has 0 aliphatic carbocycles. The Morgan fingerprint density at radius 2 is 1.91 bits per heavy atom. The summed E-state index contributed by atoms with van der Waals surface area (Å²) in [5, 5.41) is 15.8. The first-order valence-electron chi connectivity index (χ1n) is 2.62. The molecule has 0 atom stereocenters. The summed E-state index contributed by atoms with van der Waals surface area (Å²) >= 11 is 0. The first-order valence-corrected chi connectivity index (χ1v) is 2.62. The van der Waals surface area contributed by atoms with Crippen molar-refractivity contribution in [2.45, 2.75) is 12.5 Å². The van der Waals surface area contributed by atoms with E-state index in [0.717, 1.165) is 18.6 Å². The third kappa shape index (κ3) is 3.07. The van der Waals surface area contributed by atoms with Crippen LogP contribution in [0.4, 0.5) is 4.39 Å². The van der Waals surface area contributed by atoms with E-state index in [1.54, 1.807) is 0 Å². The smallest absolute Gasteiger partial charge is 0.351 e. The molecule has 0 aliphatic heterocycles. The van der Waals surface area contributed by atoms with E-state index in [2.05, 4.69) is 16.1 Å². The van der Waals surface area contributed by atoms with Crippen LogP contribution in [0.3, 0.4) is 0 Å². The Balaban J connectivity index is 4.16. The van der Waals surface area contributed by atoms with Gasteiger partial charge in [0.1, 0.15) is 0 Å². The SMILES string of the molecule is C=CCC(F)(OC#N)OC#N. The lowest BCUT2D eigenvalue weighted by molar-refractivity contribution is -0.250. The van der Waals surface area contributed by atoms with Crippen LogP contribution in [0, 0.1) is 23.0 Å². The van der Waals surface area contributed by atoms with Gasteiger partial charge >= 0.3 is 6.04 Å². The third-order valence-electron chi connectivity index (χ3n) is 0.784. The minimum atomic E-state index is -2.69. The highest BCUT2D eigenvalue weighted by Gasteiger charge is 2.33. The van der Waals surface area contributed by atoms with Gasteiger partial charge in [0.05, 0.1) is 6.42 Å². The van der Waals surface area contributed by atoms with E-state index in [9.17, 15) is 4.39 Å². The Labute approximate surface area is 63.1 Å². The standard InChI is InChI=1S/C6H5FN2O2/c1-2-3-6(7,10-4-8)11-5-9/h2H,1,3H2. The van der Waals surface area contributed by atoms with Crippen LogP contribution in [0.5, 0.6) is 0 Å². The van der Waals surface area contributed by atoms with Crippen molar-refractivity contribution in [2.75, 3.05) is 0 Å². The van der Waals surface area contributed by atoms with Crippen LogP contribution in [-0.4, -0.2) is 6.04 Å². The Hall–Kier alpha value is -1.75. The number of nitriles is 2. The molecule has 0 N–H and O–H groups in total. The average molecular weight is 156 g/mol. The molecule has 4 nitrogen and oxygen atoms in total. The van der Waals surface area contributed by atoms with Crippen molar-refractivity contribution in [3.05, 3.63) is 12.7 Å². The second kappa shape index (κ2) is 4.13. The highest BCUT2D eigenvalue weighted by atomic mass is 19.2. The topological polar surface area (TPSA) is 66.0 Å². The number of rotatable bonds is 4. The molecule has 0 aromatic rings. The van der Waals surface area contributed by atoms with Crippen molar-refractivity contribution in [3.8, 4) is 12.5 Å². The Morgan fingerprint density at radius 3 is 2.18 bits per heavy atom. The molecule has 0 fully saturated rings. The molecule has 0 radical (unpaired) electrons. The average Bonchev–Trinajstić information content (AvgIpc) is 1.88. The molecule has 0 heterocycles. The first kappa shape index (κ1) is 9.25. The molecule has 0 amide bonds. The van der Waals surface area contributed by atoms with Gasteiger partial charge in [0.2, 0.25) is 0 Å². The number of hydrogen-bond donors (Lipinski definition) is 0. The number of hydrogen-bond acceptors (Lipinski definition) is 4. The molecule has 0 saturated carbocycles. The van der Waals surface area contributed by atoms with E-state index in [4.69, 9.17) is 10.5 Å². The van der Waals surface area contributed by atoms with Crippen LogP contribution in [0.15, 0.2) is 12.7 Å². The number of nitrogens with zero attached hydrogens (tertiary/aromatic N) is 2. The maximum absolute atomic E-state index is 12.8. The molecule has 5 heteroatoms. The van der Waals surface area contributed by atoms with Crippen molar-refractivity contribution in [3.63, 3.8) is 0 Å². The summed E-state index contributed by atoms with van der Waals surface area (Å²) < 4.78 is 20.5. The van der Waals surface area contributed by atoms with Gasteiger partial charge in [-0.2, -0.15) is 14.9 Å². The van der Waals surface area contributed by atoms with Crippen molar-refractivity contribution in [1.29, 1.82) is 10.5 Å². The van der Waals surface area contributed by atoms with Gasteiger partial charge in [0, 0.05) is 0 Å². The molecule has 11 heavy (non-hydrogen) atoms. The van der Waals surface area contributed by atoms with E-state index in [1.165, 1.54) is 0 Å². The fourth-order valence-corrected chi connectivity index (χ4v) is 0.413. The Morgan fingerprint density at radius 1 is 1.45 bits per heavy atom. The summed E-state index contributed by atoms with van der Waals surface area (Å²) in [7, 11) is 0. The minimum absolute atomic E-state index is 0.381. The largest absolute Gasteiger partial charge is 0.429 e. The lowest BCUT2D eigenvalue weighted by Crippen LogP contribution is -2.26.